The zero-order valence-electron chi connectivity index (χ0n) is 18.1. The fourth-order valence-electron chi connectivity index (χ4n) is 3.58. The number of hydrogen-bond donors (Lipinski definition) is 2. The molecular weight excluding hydrogens is 444 g/mol. The number of carbonyl (C=O) groups is 2. The number of nitrogens with zero attached hydrogens (tertiary/aromatic N) is 2. The maximum atomic E-state index is 12.8. The van der Waals surface area contributed by atoms with E-state index < -0.39 is 29.9 Å². The van der Waals surface area contributed by atoms with Gasteiger partial charge >= 0.3 is 6.61 Å². The van der Waals surface area contributed by atoms with Gasteiger partial charge in [0.05, 0.1) is 5.69 Å². The van der Waals surface area contributed by atoms with Crippen LogP contribution in [-0.4, -0.2) is 29.7 Å². The second-order valence-corrected chi connectivity index (χ2v) is 7.77. The molecule has 3 aromatic carbocycles. The normalized spacial score (nSPS) is 17.0. The molecule has 0 aliphatic carbocycles. The molecule has 1 heterocycles. The summed E-state index contributed by atoms with van der Waals surface area (Å²) in [7, 11) is 0. The van der Waals surface area contributed by atoms with E-state index in [9.17, 15) is 23.5 Å². The van der Waals surface area contributed by atoms with Crippen LogP contribution in [0.15, 0.2) is 84.0 Å². The Hall–Kier alpha value is -4.11. The molecule has 2 N–H and O–H groups in total. The van der Waals surface area contributed by atoms with Gasteiger partial charge in [-0.2, -0.15) is 13.9 Å². The zero-order valence-corrected chi connectivity index (χ0v) is 18.1. The quantitative estimate of drug-likeness (QED) is 0.514. The molecule has 0 radical (unpaired) electrons. The minimum Gasteiger partial charge on any atom is -0.435 e. The van der Waals surface area contributed by atoms with Crippen molar-refractivity contribution in [3.05, 3.63) is 90.0 Å². The number of anilines is 2. The number of halogens is 2. The van der Waals surface area contributed by atoms with Crippen molar-refractivity contribution in [1.82, 2.24) is 0 Å². The van der Waals surface area contributed by atoms with Gasteiger partial charge in [-0.3, -0.25) is 9.59 Å². The van der Waals surface area contributed by atoms with Crippen molar-refractivity contribution in [2.75, 3.05) is 10.3 Å². The van der Waals surface area contributed by atoms with Gasteiger partial charge in [0.15, 0.2) is 5.92 Å². The van der Waals surface area contributed by atoms with Gasteiger partial charge in [-0.25, -0.2) is 5.01 Å². The summed E-state index contributed by atoms with van der Waals surface area (Å²) in [5, 5.41) is 18.7. The average Bonchev–Trinajstić information content (AvgIpc) is 3.21. The maximum absolute atomic E-state index is 12.8. The molecule has 174 valence electrons. The summed E-state index contributed by atoms with van der Waals surface area (Å²) in [6.45, 7) is -1.30. The number of carbonyl (C=O) groups excluding carboxylic acids is 2. The molecule has 1 aliphatic heterocycles. The molecule has 0 aromatic heterocycles. The number of amides is 2. The highest BCUT2D eigenvalue weighted by Crippen LogP contribution is 2.31. The van der Waals surface area contributed by atoms with Gasteiger partial charge in [0, 0.05) is 11.9 Å². The van der Waals surface area contributed by atoms with Crippen molar-refractivity contribution in [2.24, 2.45) is 11.0 Å². The van der Waals surface area contributed by atoms with E-state index in [0.717, 1.165) is 5.01 Å². The van der Waals surface area contributed by atoms with Crippen LogP contribution in [0.25, 0.3) is 0 Å². The van der Waals surface area contributed by atoms with Gasteiger partial charge in [-0.1, -0.05) is 42.5 Å². The molecule has 0 saturated carbocycles. The van der Waals surface area contributed by atoms with Crippen molar-refractivity contribution in [3.8, 4) is 5.75 Å². The number of ether oxygens (including phenoxy) is 1. The van der Waals surface area contributed by atoms with Crippen molar-refractivity contribution < 1.29 is 28.2 Å². The topological polar surface area (TPSA) is 91.2 Å². The van der Waals surface area contributed by atoms with E-state index in [1.807, 2.05) is 18.2 Å². The lowest BCUT2D eigenvalue weighted by molar-refractivity contribution is -0.127. The van der Waals surface area contributed by atoms with E-state index in [2.05, 4.69) is 15.2 Å². The molecule has 2 amide bonds. The Labute approximate surface area is 194 Å². The third-order valence-electron chi connectivity index (χ3n) is 5.42. The lowest BCUT2D eigenvalue weighted by Crippen LogP contribution is -2.34. The third-order valence-corrected chi connectivity index (χ3v) is 5.42. The van der Waals surface area contributed by atoms with E-state index in [0.29, 0.717) is 22.5 Å². The van der Waals surface area contributed by atoms with Crippen LogP contribution in [0.1, 0.15) is 18.1 Å². The smallest absolute Gasteiger partial charge is 0.387 e. The minimum absolute atomic E-state index is 0.0602. The first kappa shape index (κ1) is 23.1. The molecule has 4 rings (SSSR count). The predicted molar refractivity (Wildman–Crippen MR) is 123 cm³/mol. The van der Waals surface area contributed by atoms with E-state index in [4.69, 9.17) is 0 Å². The van der Waals surface area contributed by atoms with Crippen LogP contribution < -0.4 is 15.1 Å². The summed E-state index contributed by atoms with van der Waals surface area (Å²) in [6, 6.07) is 21.2. The summed E-state index contributed by atoms with van der Waals surface area (Å²) < 4.78 is 28.9. The first-order valence-corrected chi connectivity index (χ1v) is 10.4. The van der Waals surface area contributed by atoms with Gasteiger partial charge in [0.25, 0.3) is 5.91 Å². The SMILES string of the molecule is CC(O)(c1ccccc1)c1cccc(NC(=O)C2C=NN(c3ccc(OC(F)F)cc3)C2=O)c1. The lowest BCUT2D eigenvalue weighted by Gasteiger charge is -2.25. The third kappa shape index (κ3) is 4.79. The van der Waals surface area contributed by atoms with Crippen LogP contribution in [0.2, 0.25) is 0 Å². The van der Waals surface area contributed by atoms with Crippen molar-refractivity contribution in [3.63, 3.8) is 0 Å². The summed E-state index contributed by atoms with van der Waals surface area (Å²) >= 11 is 0. The molecule has 3 aromatic rings. The Morgan fingerprint density at radius 1 is 1.06 bits per heavy atom. The lowest BCUT2D eigenvalue weighted by atomic mass is 9.88. The van der Waals surface area contributed by atoms with Crippen molar-refractivity contribution in [2.45, 2.75) is 19.1 Å². The molecule has 0 saturated heterocycles. The highest BCUT2D eigenvalue weighted by molar-refractivity contribution is 6.23. The number of alkyl halides is 2. The van der Waals surface area contributed by atoms with Crippen LogP contribution in [0.5, 0.6) is 5.75 Å². The Bertz CT molecular complexity index is 1210. The van der Waals surface area contributed by atoms with Crippen LogP contribution in [-0.2, 0) is 15.2 Å². The fourth-order valence-corrected chi connectivity index (χ4v) is 3.58. The van der Waals surface area contributed by atoms with Crippen molar-refractivity contribution >= 4 is 29.4 Å². The number of hydrogen-bond acceptors (Lipinski definition) is 5. The van der Waals surface area contributed by atoms with Gasteiger partial charge in [-0.15, -0.1) is 0 Å². The van der Waals surface area contributed by atoms with E-state index in [-0.39, 0.29) is 5.75 Å². The van der Waals surface area contributed by atoms with E-state index in [1.54, 1.807) is 43.3 Å². The first-order chi connectivity index (χ1) is 16.3. The number of aliphatic hydroxyl groups is 1. The molecule has 34 heavy (non-hydrogen) atoms. The van der Waals surface area contributed by atoms with Gasteiger partial charge in [-0.05, 0) is 54.4 Å². The second kappa shape index (κ2) is 9.40. The molecule has 2 unspecified atom stereocenters. The highest BCUT2D eigenvalue weighted by Gasteiger charge is 2.35. The predicted octanol–water partition coefficient (Wildman–Crippen LogP) is 4.13. The van der Waals surface area contributed by atoms with E-state index in [1.165, 1.54) is 30.5 Å². The molecule has 7 nitrogen and oxygen atoms in total. The van der Waals surface area contributed by atoms with Crippen LogP contribution in [0, 0.1) is 5.92 Å². The maximum Gasteiger partial charge on any atom is 0.387 e. The van der Waals surface area contributed by atoms with Gasteiger partial charge in [0.2, 0.25) is 5.91 Å². The van der Waals surface area contributed by atoms with Gasteiger partial charge in [0.1, 0.15) is 11.4 Å². The standard InChI is InChI=1S/C25H21F2N3O4/c1-25(33,16-6-3-2-4-7-16)17-8-5-9-18(14-17)29-22(31)21-15-28-30(23(21)32)19-10-12-20(13-11-19)34-24(26)27/h2-15,21,24,33H,1H3,(H,29,31). The van der Waals surface area contributed by atoms with E-state index >= 15 is 0 Å². The molecular formula is C25H21F2N3O4. The summed E-state index contributed by atoms with van der Waals surface area (Å²) in [4.78, 5) is 25.6. The average molecular weight is 465 g/mol. The largest absolute Gasteiger partial charge is 0.435 e. The van der Waals surface area contributed by atoms with Crippen molar-refractivity contribution in [1.29, 1.82) is 0 Å². The fraction of sp³-hybridized carbons (Fsp3) is 0.160. The number of nitrogens with one attached hydrogen (secondary N) is 1. The number of hydrazone groups is 1. The summed E-state index contributed by atoms with van der Waals surface area (Å²) in [6.07, 6.45) is 1.21. The molecule has 2 atom stereocenters. The number of benzene rings is 3. The molecule has 9 heteroatoms. The Morgan fingerprint density at radius 2 is 1.74 bits per heavy atom. The van der Waals surface area contributed by atoms with Gasteiger partial charge < -0.3 is 15.2 Å². The minimum atomic E-state index is -2.96. The van der Waals surface area contributed by atoms with Crippen LogP contribution in [0.3, 0.4) is 0 Å². The van der Waals surface area contributed by atoms with Crippen LogP contribution >= 0.6 is 0 Å². The Morgan fingerprint density at radius 3 is 2.41 bits per heavy atom. The molecule has 0 fully saturated rings. The monoisotopic (exact) mass is 465 g/mol. The van der Waals surface area contributed by atoms with Crippen LogP contribution in [0.4, 0.5) is 20.2 Å². The number of rotatable bonds is 7. The first-order valence-electron chi connectivity index (χ1n) is 10.4. The molecule has 0 bridgehead atoms. The second-order valence-electron chi connectivity index (χ2n) is 7.77. The summed E-state index contributed by atoms with van der Waals surface area (Å²) in [5.41, 5.74) is 0.683. The molecule has 1 aliphatic rings. The Balaban J connectivity index is 1.45. The summed E-state index contributed by atoms with van der Waals surface area (Å²) in [5.74, 6) is -2.41. The Kier molecular flexibility index (Phi) is 6.38. The zero-order chi connectivity index (χ0) is 24.3. The molecule has 0 spiro atoms. The highest BCUT2D eigenvalue weighted by atomic mass is 19.3.